The molecule has 4 aliphatic rings. The number of carbonyl (C=O) groups excluding carboxylic acids is 4. The number of nitrogens with one attached hydrogen (secondary N) is 1. The molecule has 0 bridgehead atoms. The third-order valence-electron chi connectivity index (χ3n) is 8.28. The average molecular weight is 560 g/mol. The van der Waals surface area contributed by atoms with Gasteiger partial charge in [-0.2, -0.15) is 0 Å². The lowest BCUT2D eigenvalue weighted by Crippen LogP contribution is -2.60. The molecule has 4 aliphatic heterocycles. The molecule has 10 heteroatoms. The first kappa shape index (κ1) is 30.2. The Balaban J connectivity index is 1.79. The largest absolute Gasteiger partial charge is 0.460 e. The van der Waals surface area contributed by atoms with E-state index in [1.54, 1.807) is 19.1 Å². The number of cyclic esters (lactones) is 1. The summed E-state index contributed by atoms with van der Waals surface area (Å²) >= 11 is 0. The minimum atomic E-state index is -1.37. The normalized spacial score (nSPS) is 34.2. The maximum Gasteiger partial charge on any atom is 0.313 e. The highest BCUT2D eigenvalue weighted by Crippen LogP contribution is 2.53. The Morgan fingerprint density at radius 1 is 1.10 bits per heavy atom. The fourth-order valence-corrected chi connectivity index (χ4v) is 7.08. The molecule has 10 nitrogen and oxygen atoms in total. The summed E-state index contributed by atoms with van der Waals surface area (Å²) in [5, 5.41) is 12.4. The Bertz CT molecular complexity index is 1080. The van der Waals surface area contributed by atoms with Crippen LogP contribution >= 0.6 is 0 Å². The van der Waals surface area contributed by atoms with Gasteiger partial charge in [0.15, 0.2) is 0 Å². The van der Waals surface area contributed by atoms with E-state index in [-0.39, 0.29) is 49.3 Å². The molecule has 0 radical (unpaired) electrons. The topological polar surface area (TPSA) is 125 Å². The maximum absolute atomic E-state index is 14.5. The number of hydrogen-bond acceptors (Lipinski definition) is 7. The molecular weight excluding hydrogens is 514 g/mol. The molecule has 2 N–H and O–H groups in total. The van der Waals surface area contributed by atoms with Crippen LogP contribution in [0.15, 0.2) is 24.3 Å². The van der Waals surface area contributed by atoms with Crippen molar-refractivity contribution in [3.63, 3.8) is 0 Å². The molecule has 2 saturated heterocycles. The van der Waals surface area contributed by atoms with Crippen molar-refractivity contribution in [1.82, 2.24) is 15.1 Å². The number of amides is 3. The van der Waals surface area contributed by atoms with E-state index in [0.717, 1.165) is 6.42 Å². The van der Waals surface area contributed by atoms with Crippen LogP contribution in [0.25, 0.3) is 0 Å². The standard InChI is InChI=1S/C30H45N3O7/c1-19-17-31-21(35)12-8-7-11-20-22(27(38)39-19)23-25(36)32(14-10-16-34)24-26(37)33(15-9-13-30(23,24)40-20)29(5,6)18-28(2,3)4/h7,9,11,13,19-20,22-24,34H,8,10,12,14-18H2,1-6H3,(H,31,35)/b11-7-/t19-,20-,22+,23+,24-,30+/m0/s1. The van der Waals surface area contributed by atoms with E-state index in [4.69, 9.17) is 9.47 Å². The van der Waals surface area contributed by atoms with Crippen LogP contribution in [0.1, 0.15) is 67.2 Å². The summed E-state index contributed by atoms with van der Waals surface area (Å²) in [4.78, 5) is 57.7. The molecule has 0 unspecified atom stereocenters. The van der Waals surface area contributed by atoms with Crippen LogP contribution in [0.2, 0.25) is 0 Å². The smallest absolute Gasteiger partial charge is 0.313 e. The molecule has 3 amide bonds. The van der Waals surface area contributed by atoms with Crippen LogP contribution in [0.5, 0.6) is 0 Å². The number of esters is 1. The average Bonchev–Trinajstić information content (AvgIpc) is 3.21. The summed E-state index contributed by atoms with van der Waals surface area (Å²) in [5.74, 6) is -3.24. The third-order valence-corrected chi connectivity index (χ3v) is 8.28. The SMILES string of the molecule is C[C@H]1CNC(=O)CC/C=C\[C@@H]2O[C@@]34C=CCN(C(C)(C)CC(C)(C)C)C(=O)[C@@H]3N(CCCO)C(=O)[C@H]4[C@@H]2C(=O)O1. The van der Waals surface area contributed by atoms with Crippen LogP contribution in [0.4, 0.5) is 0 Å². The first-order chi connectivity index (χ1) is 18.7. The second-order valence-corrected chi connectivity index (χ2v) is 13.4. The lowest BCUT2D eigenvalue weighted by molar-refractivity contribution is -0.159. The van der Waals surface area contributed by atoms with Gasteiger partial charge in [0.05, 0.1) is 18.6 Å². The van der Waals surface area contributed by atoms with Gasteiger partial charge in [0.1, 0.15) is 23.7 Å². The van der Waals surface area contributed by atoms with Gasteiger partial charge in [-0.1, -0.05) is 45.1 Å². The summed E-state index contributed by atoms with van der Waals surface area (Å²) in [6.45, 7) is 12.7. The molecule has 1 spiro atoms. The van der Waals surface area contributed by atoms with Gasteiger partial charge in [0.2, 0.25) is 17.7 Å². The van der Waals surface area contributed by atoms with Crippen LogP contribution in [-0.2, 0) is 28.7 Å². The van der Waals surface area contributed by atoms with Gasteiger partial charge in [-0.3, -0.25) is 19.2 Å². The zero-order chi connectivity index (χ0) is 29.5. The monoisotopic (exact) mass is 559 g/mol. The number of fused-ring (bicyclic) bond motifs is 2. The van der Waals surface area contributed by atoms with Crippen LogP contribution in [0, 0.1) is 17.3 Å². The number of aliphatic hydroxyl groups excluding tert-OH is 1. The first-order valence-electron chi connectivity index (χ1n) is 14.4. The van der Waals surface area contributed by atoms with Gasteiger partial charge < -0.3 is 29.7 Å². The van der Waals surface area contributed by atoms with Gasteiger partial charge in [0.25, 0.3) is 0 Å². The number of likely N-dealkylation sites (tertiary alicyclic amines) is 1. The number of ether oxygens (including phenoxy) is 2. The van der Waals surface area contributed by atoms with Crippen LogP contribution in [-0.4, -0.2) is 94.2 Å². The minimum absolute atomic E-state index is 0.0483. The molecule has 0 aromatic rings. The first-order valence-corrected chi connectivity index (χ1v) is 14.4. The Morgan fingerprint density at radius 2 is 1.82 bits per heavy atom. The highest BCUT2D eigenvalue weighted by molar-refractivity contribution is 5.99. The van der Waals surface area contributed by atoms with Crippen molar-refractivity contribution in [3.05, 3.63) is 24.3 Å². The van der Waals surface area contributed by atoms with E-state index in [2.05, 4.69) is 26.1 Å². The molecule has 2 fully saturated rings. The van der Waals surface area contributed by atoms with Crippen LogP contribution < -0.4 is 5.32 Å². The highest BCUT2D eigenvalue weighted by Gasteiger charge is 2.72. The maximum atomic E-state index is 14.5. The second-order valence-electron chi connectivity index (χ2n) is 13.4. The van der Waals surface area contributed by atoms with Gasteiger partial charge in [-0.05, 0) is 45.4 Å². The number of aliphatic hydroxyl groups is 1. The van der Waals surface area contributed by atoms with Gasteiger partial charge in [-0.25, -0.2) is 0 Å². The Morgan fingerprint density at radius 3 is 2.50 bits per heavy atom. The molecule has 4 heterocycles. The molecule has 0 aliphatic carbocycles. The van der Waals surface area contributed by atoms with Crippen molar-refractivity contribution in [1.29, 1.82) is 0 Å². The molecule has 0 saturated carbocycles. The number of hydrogen-bond donors (Lipinski definition) is 2. The predicted octanol–water partition coefficient (Wildman–Crippen LogP) is 1.96. The van der Waals surface area contributed by atoms with E-state index in [0.29, 0.717) is 19.4 Å². The molecule has 4 rings (SSSR count). The summed E-state index contributed by atoms with van der Waals surface area (Å²) in [5.41, 5.74) is -1.94. The molecule has 40 heavy (non-hydrogen) atoms. The Kier molecular flexibility index (Phi) is 8.53. The Labute approximate surface area is 237 Å². The molecule has 222 valence electrons. The van der Waals surface area contributed by atoms with E-state index in [1.807, 2.05) is 30.9 Å². The number of rotatable bonds is 5. The van der Waals surface area contributed by atoms with Crippen molar-refractivity contribution in [2.75, 3.05) is 26.2 Å². The van der Waals surface area contributed by atoms with E-state index >= 15 is 0 Å². The predicted molar refractivity (Wildman–Crippen MR) is 148 cm³/mol. The number of allylic oxidation sites excluding steroid dienone is 1. The zero-order valence-electron chi connectivity index (χ0n) is 24.6. The lowest BCUT2D eigenvalue weighted by Gasteiger charge is -2.44. The summed E-state index contributed by atoms with van der Waals surface area (Å²) < 4.78 is 12.4. The minimum Gasteiger partial charge on any atom is -0.460 e. The quantitative estimate of drug-likeness (QED) is 0.390. The molecular formula is C30H45N3O7. The fraction of sp³-hybridized carbons (Fsp3) is 0.733. The van der Waals surface area contributed by atoms with Gasteiger partial charge in [-0.15, -0.1) is 0 Å². The number of carbonyl (C=O) groups is 4. The van der Waals surface area contributed by atoms with E-state index < -0.39 is 47.2 Å². The van der Waals surface area contributed by atoms with Crippen molar-refractivity contribution in [2.45, 2.75) is 96.6 Å². The van der Waals surface area contributed by atoms with Crippen molar-refractivity contribution in [2.24, 2.45) is 17.3 Å². The van der Waals surface area contributed by atoms with Crippen LogP contribution in [0.3, 0.4) is 0 Å². The summed E-state index contributed by atoms with van der Waals surface area (Å²) in [6.07, 6.45) is 7.56. The van der Waals surface area contributed by atoms with Gasteiger partial charge in [0, 0.05) is 31.7 Å². The molecule has 6 atom stereocenters. The summed E-state index contributed by atoms with van der Waals surface area (Å²) in [7, 11) is 0. The molecule has 0 aromatic heterocycles. The van der Waals surface area contributed by atoms with E-state index in [1.165, 1.54) is 4.90 Å². The number of nitrogens with zero attached hydrogens (tertiary/aromatic N) is 2. The van der Waals surface area contributed by atoms with Crippen molar-refractivity contribution >= 4 is 23.7 Å². The van der Waals surface area contributed by atoms with Crippen molar-refractivity contribution < 1.29 is 33.8 Å². The Hall–Kier alpha value is -2.72. The third kappa shape index (κ3) is 5.70. The second kappa shape index (κ2) is 11.3. The molecule has 0 aromatic carbocycles. The summed E-state index contributed by atoms with van der Waals surface area (Å²) in [6, 6.07) is -0.986. The highest BCUT2D eigenvalue weighted by atomic mass is 16.6. The fourth-order valence-electron chi connectivity index (χ4n) is 7.08. The van der Waals surface area contributed by atoms with Crippen molar-refractivity contribution in [3.8, 4) is 0 Å². The lowest BCUT2D eigenvalue weighted by atomic mass is 9.77. The van der Waals surface area contributed by atoms with Gasteiger partial charge >= 0.3 is 5.97 Å². The zero-order valence-corrected chi connectivity index (χ0v) is 24.6. The van der Waals surface area contributed by atoms with E-state index in [9.17, 15) is 24.3 Å².